The largest absolute Gasteiger partial charge is 0.323 e. The highest BCUT2D eigenvalue weighted by Gasteiger charge is 2.24. The number of carbonyl (C=O) groups is 1. The Morgan fingerprint density at radius 3 is 2.71 bits per heavy atom. The average Bonchev–Trinajstić information content (AvgIpc) is 2.43. The fraction of sp³-hybridized carbons (Fsp3) is 0.385. The summed E-state index contributed by atoms with van der Waals surface area (Å²) in [6.45, 7) is 2.39. The fourth-order valence-electron chi connectivity index (χ4n) is 2.09. The van der Waals surface area contributed by atoms with Crippen LogP contribution in [-0.2, 0) is 4.79 Å². The van der Waals surface area contributed by atoms with Gasteiger partial charge in [0.15, 0.2) is 0 Å². The van der Waals surface area contributed by atoms with Crippen LogP contribution in [0.1, 0.15) is 0 Å². The lowest BCUT2D eigenvalue weighted by atomic mass is 10.2. The maximum absolute atomic E-state index is 12.2. The Bertz CT molecular complexity index is 564. The van der Waals surface area contributed by atoms with Gasteiger partial charge in [0.25, 0.3) is 0 Å². The lowest BCUT2D eigenvalue weighted by molar-refractivity contribution is -0.117. The molecule has 1 atom stereocenters. The number of anilines is 1. The molecule has 2 rings (SSSR count). The van der Waals surface area contributed by atoms with Crippen LogP contribution in [0.25, 0.3) is 0 Å². The summed E-state index contributed by atoms with van der Waals surface area (Å²) in [7, 11) is 0. The van der Waals surface area contributed by atoms with Gasteiger partial charge in [0.1, 0.15) is 6.04 Å². The number of carbonyl (C=O) groups excluding carboxylic acids is 1. The minimum Gasteiger partial charge on any atom is -0.323 e. The van der Waals surface area contributed by atoms with Crippen molar-refractivity contribution in [2.45, 2.75) is 6.04 Å². The van der Waals surface area contributed by atoms with Gasteiger partial charge in [-0.3, -0.25) is 9.69 Å². The van der Waals surface area contributed by atoms with Crippen molar-refractivity contribution in [2.24, 2.45) is 0 Å². The summed E-state index contributed by atoms with van der Waals surface area (Å²) in [5.74, 6) is -0.0748. The van der Waals surface area contributed by atoms with Crippen molar-refractivity contribution in [3.63, 3.8) is 0 Å². The van der Waals surface area contributed by atoms with Crippen molar-refractivity contribution >= 4 is 79.4 Å². The first-order valence-corrected chi connectivity index (χ1v) is 9.53. The number of benzene rings is 1. The number of nitrogens with zero attached hydrogens (tertiary/aromatic N) is 2. The molecule has 0 bridgehead atoms. The number of nitriles is 1. The van der Waals surface area contributed by atoms with Gasteiger partial charge in [0.2, 0.25) is 5.91 Å². The summed E-state index contributed by atoms with van der Waals surface area (Å²) < 4.78 is 3.19. The quantitative estimate of drug-likeness (QED) is 0.509. The van der Waals surface area contributed by atoms with E-state index in [0.717, 1.165) is 22.9 Å². The maximum atomic E-state index is 12.2. The first kappa shape index (κ1) is 17.6. The first-order chi connectivity index (χ1) is 10.0. The topological polar surface area (TPSA) is 68.2 Å². The predicted octanol–water partition coefficient (Wildman–Crippen LogP) is 2.24. The van der Waals surface area contributed by atoms with E-state index in [2.05, 4.69) is 84.5 Å². The van der Waals surface area contributed by atoms with E-state index in [-0.39, 0.29) is 18.5 Å². The molecule has 5 nitrogen and oxygen atoms in total. The maximum Gasteiger partial charge on any atom is 0.238 e. The van der Waals surface area contributed by atoms with E-state index in [0.29, 0.717) is 13.1 Å². The van der Waals surface area contributed by atoms with E-state index in [1.165, 1.54) is 0 Å². The fourth-order valence-corrected chi connectivity index (χ4v) is 5.94. The van der Waals surface area contributed by atoms with Gasteiger partial charge in [0, 0.05) is 30.3 Å². The van der Waals surface area contributed by atoms with Crippen LogP contribution < -0.4 is 10.6 Å². The van der Waals surface area contributed by atoms with Gasteiger partial charge in [-0.2, -0.15) is 5.26 Å². The second kappa shape index (κ2) is 8.23. The summed E-state index contributed by atoms with van der Waals surface area (Å²) in [4.78, 5) is 14.2. The molecular formula is C13H13I3N4O. The molecule has 0 radical (unpaired) electrons. The molecule has 0 aliphatic carbocycles. The predicted molar refractivity (Wildman–Crippen MR) is 107 cm³/mol. The van der Waals surface area contributed by atoms with Crippen LogP contribution in [0.2, 0.25) is 0 Å². The zero-order valence-corrected chi connectivity index (χ0v) is 17.5. The van der Waals surface area contributed by atoms with Crippen molar-refractivity contribution in [1.29, 1.82) is 5.26 Å². The second-order valence-electron chi connectivity index (χ2n) is 4.61. The minimum absolute atomic E-state index is 0.0748. The molecule has 1 unspecified atom stereocenters. The molecule has 1 fully saturated rings. The van der Waals surface area contributed by atoms with E-state index in [1.54, 1.807) is 0 Å². The molecule has 1 aliphatic heterocycles. The molecular weight excluding hydrogens is 609 g/mol. The molecule has 1 amide bonds. The van der Waals surface area contributed by atoms with Crippen molar-refractivity contribution in [1.82, 2.24) is 10.2 Å². The molecule has 112 valence electrons. The third-order valence-corrected chi connectivity index (χ3v) is 5.45. The zero-order chi connectivity index (χ0) is 15.4. The van der Waals surface area contributed by atoms with Crippen LogP contribution in [0.4, 0.5) is 5.69 Å². The highest BCUT2D eigenvalue weighted by atomic mass is 127. The number of hydrogen-bond acceptors (Lipinski definition) is 4. The molecule has 2 N–H and O–H groups in total. The Morgan fingerprint density at radius 2 is 2.10 bits per heavy atom. The van der Waals surface area contributed by atoms with Crippen molar-refractivity contribution in [3.8, 4) is 6.07 Å². The Hall–Kier alpha value is 0.290. The Labute approximate surface area is 164 Å². The molecule has 1 aromatic rings. The van der Waals surface area contributed by atoms with Gasteiger partial charge in [-0.25, -0.2) is 0 Å². The monoisotopic (exact) mass is 622 g/mol. The highest BCUT2D eigenvalue weighted by Crippen LogP contribution is 2.27. The zero-order valence-electron chi connectivity index (χ0n) is 11.0. The lowest BCUT2D eigenvalue weighted by Crippen LogP contribution is -2.52. The van der Waals surface area contributed by atoms with E-state index >= 15 is 0 Å². The number of nitrogens with one attached hydrogen (secondary N) is 2. The highest BCUT2D eigenvalue weighted by molar-refractivity contribution is 14.1. The molecule has 8 heteroatoms. The van der Waals surface area contributed by atoms with Gasteiger partial charge in [0.05, 0.1) is 18.3 Å². The SMILES string of the molecule is N#CC1CNCCN1CC(=O)Nc1c(I)cc(I)cc1I. The molecule has 0 aromatic heterocycles. The number of hydrogen-bond donors (Lipinski definition) is 2. The van der Waals surface area contributed by atoms with Gasteiger partial charge in [-0.15, -0.1) is 0 Å². The second-order valence-corrected chi connectivity index (χ2v) is 8.18. The molecule has 0 saturated carbocycles. The van der Waals surface area contributed by atoms with Crippen LogP contribution in [0.15, 0.2) is 12.1 Å². The lowest BCUT2D eigenvalue weighted by Gasteiger charge is -2.31. The smallest absolute Gasteiger partial charge is 0.238 e. The third-order valence-electron chi connectivity index (χ3n) is 3.12. The number of rotatable bonds is 3. The van der Waals surface area contributed by atoms with Gasteiger partial charge in [-0.1, -0.05) is 0 Å². The van der Waals surface area contributed by atoms with Gasteiger partial charge >= 0.3 is 0 Å². The van der Waals surface area contributed by atoms with Crippen LogP contribution >= 0.6 is 67.8 Å². The molecule has 21 heavy (non-hydrogen) atoms. The Balaban J connectivity index is 2.04. The molecule has 1 aliphatic rings. The summed E-state index contributed by atoms with van der Waals surface area (Å²) in [5, 5.41) is 15.2. The number of piperazine rings is 1. The van der Waals surface area contributed by atoms with Crippen LogP contribution in [0.3, 0.4) is 0 Å². The Morgan fingerprint density at radius 1 is 1.43 bits per heavy atom. The van der Waals surface area contributed by atoms with Crippen molar-refractivity contribution in [2.75, 3.05) is 31.5 Å². The normalized spacial score (nSPS) is 19.0. The van der Waals surface area contributed by atoms with Crippen LogP contribution in [0.5, 0.6) is 0 Å². The summed E-state index contributed by atoms with van der Waals surface area (Å²) in [6.07, 6.45) is 0. The third kappa shape index (κ3) is 4.88. The van der Waals surface area contributed by atoms with E-state index in [1.807, 2.05) is 17.0 Å². The van der Waals surface area contributed by atoms with Crippen LogP contribution in [0, 0.1) is 22.0 Å². The number of amides is 1. The van der Waals surface area contributed by atoms with Crippen LogP contribution in [-0.4, -0.2) is 43.0 Å². The standard InChI is InChI=1S/C13H13I3N4O/c14-8-3-10(15)13(11(16)4-8)19-12(21)7-20-2-1-18-6-9(20)5-17/h3-4,9,18H,1-2,6-7H2,(H,19,21). The molecule has 1 saturated heterocycles. The number of halogens is 3. The molecule has 1 aromatic carbocycles. The Kier molecular flexibility index (Phi) is 6.91. The van der Waals surface area contributed by atoms with E-state index in [9.17, 15) is 4.79 Å². The first-order valence-electron chi connectivity index (χ1n) is 6.30. The van der Waals surface area contributed by atoms with E-state index < -0.39 is 0 Å². The van der Waals surface area contributed by atoms with Crippen molar-refractivity contribution < 1.29 is 4.79 Å². The van der Waals surface area contributed by atoms with Gasteiger partial charge in [-0.05, 0) is 79.9 Å². The minimum atomic E-state index is -0.237. The van der Waals surface area contributed by atoms with Crippen molar-refractivity contribution in [3.05, 3.63) is 22.8 Å². The van der Waals surface area contributed by atoms with Gasteiger partial charge < -0.3 is 10.6 Å². The average molecular weight is 622 g/mol. The van der Waals surface area contributed by atoms with E-state index in [4.69, 9.17) is 5.26 Å². The molecule has 0 spiro atoms. The molecule has 1 heterocycles. The summed E-state index contributed by atoms with van der Waals surface area (Å²) >= 11 is 6.71. The summed E-state index contributed by atoms with van der Waals surface area (Å²) in [5.41, 5.74) is 0.852. The summed E-state index contributed by atoms with van der Waals surface area (Å²) in [6, 6.07) is 6.06.